The van der Waals surface area contributed by atoms with Gasteiger partial charge >= 0.3 is 0 Å². The summed E-state index contributed by atoms with van der Waals surface area (Å²) in [4.78, 5) is 14.3. The van der Waals surface area contributed by atoms with Gasteiger partial charge in [-0.1, -0.05) is 12.1 Å². The van der Waals surface area contributed by atoms with Crippen molar-refractivity contribution in [3.8, 4) is 5.75 Å². The number of halogens is 1. The lowest BCUT2D eigenvalue weighted by atomic mass is 9.96. The SMILES string of the molecule is COc1cc(C)c(C)cc1S(=O)(=O)NCC1CCN(C(=O)c2ccccc2F)CC1. The van der Waals surface area contributed by atoms with Gasteiger partial charge in [0.15, 0.2) is 0 Å². The van der Waals surface area contributed by atoms with Crippen molar-refractivity contribution >= 4 is 15.9 Å². The lowest BCUT2D eigenvalue weighted by Crippen LogP contribution is -2.41. The fourth-order valence-electron chi connectivity index (χ4n) is 3.58. The van der Waals surface area contributed by atoms with Crippen LogP contribution in [0.2, 0.25) is 0 Å². The molecule has 1 fully saturated rings. The van der Waals surface area contributed by atoms with E-state index in [0.717, 1.165) is 11.1 Å². The molecule has 2 aromatic rings. The molecule has 1 saturated heterocycles. The molecule has 0 atom stereocenters. The molecular weight excluding hydrogens is 407 g/mol. The number of ether oxygens (including phenoxy) is 1. The number of sulfonamides is 1. The van der Waals surface area contributed by atoms with Crippen LogP contribution in [0, 0.1) is 25.6 Å². The molecule has 30 heavy (non-hydrogen) atoms. The Morgan fingerprint density at radius 2 is 1.80 bits per heavy atom. The summed E-state index contributed by atoms with van der Waals surface area (Å²) < 4.78 is 47.4. The van der Waals surface area contributed by atoms with Crippen LogP contribution in [0.25, 0.3) is 0 Å². The van der Waals surface area contributed by atoms with E-state index in [1.807, 2.05) is 13.8 Å². The van der Waals surface area contributed by atoms with Gasteiger partial charge in [0.2, 0.25) is 10.0 Å². The molecule has 162 valence electrons. The highest BCUT2D eigenvalue weighted by Gasteiger charge is 2.27. The second kappa shape index (κ2) is 9.14. The number of carbonyl (C=O) groups is 1. The topological polar surface area (TPSA) is 75.7 Å². The number of carbonyl (C=O) groups excluding carboxylic acids is 1. The summed E-state index contributed by atoms with van der Waals surface area (Å²) in [6, 6.07) is 9.28. The van der Waals surface area contributed by atoms with Crippen molar-refractivity contribution in [2.45, 2.75) is 31.6 Å². The van der Waals surface area contributed by atoms with Crippen molar-refractivity contribution in [2.75, 3.05) is 26.7 Å². The van der Waals surface area contributed by atoms with Crippen molar-refractivity contribution in [3.05, 3.63) is 58.9 Å². The number of hydrogen-bond donors (Lipinski definition) is 1. The molecule has 0 aromatic heterocycles. The monoisotopic (exact) mass is 434 g/mol. The van der Waals surface area contributed by atoms with Crippen LogP contribution >= 0.6 is 0 Å². The Labute approximate surface area is 177 Å². The number of piperidine rings is 1. The minimum Gasteiger partial charge on any atom is -0.495 e. The van der Waals surface area contributed by atoms with Crippen LogP contribution in [-0.4, -0.2) is 46.0 Å². The third kappa shape index (κ3) is 4.82. The van der Waals surface area contributed by atoms with E-state index in [0.29, 0.717) is 31.7 Å². The van der Waals surface area contributed by atoms with Crippen LogP contribution in [0.5, 0.6) is 5.75 Å². The second-order valence-electron chi connectivity index (χ2n) is 7.65. The van der Waals surface area contributed by atoms with Gasteiger partial charge in [-0.2, -0.15) is 0 Å². The average molecular weight is 435 g/mol. The molecule has 3 rings (SSSR count). The van der Waals surface area contributed by atoms with E-state index >= 15 is 0 Å². The van der Waals surface area contributed by atoms with E-state index < -0.39 is 15.8 Å². The van der Waals surface area contributed by atoms with Gasteiger partial charge in [-0.3, -0.25) is 4.79 Å². The van der Waals surface area contributed by atoms with Crippen LogP contribution < -0.4 is 9.46 Å². The minimum atomic E-state index is -3.73. The van der Waals surface area contributed by atoms with Crippen molar-refractivity contribution in [1.82, 2.24) is 9.62 Å². The zero-order valence-corrected chi connectivity index (χ0v) is 18.3. The molecule has 2 aromatic carbocycles. The zero-order valence-electron chi connectivity index (χ0n) is 17.4. The second-order valence-corrected chi connectivity index (χ2v) is 9.39. The third-order valence-corrected chi connectivity index (χ3v) is 7.08. The number of benzene rings is 2. The van der Waals surface area contributed by atoms with Gasteiger partial charge in [0, 0.05) is 19.6 Å². The first-order valence-corrected chi connectivity index (χ1v) is 11.4. The summed E-state index contributed by atoms with van der Waals surface area (Å²) in [5.74, 6) is -0.440. The third-order valence-electron chi connectivity index (χ3n) is 5.64. The molecule has 0 bridgehead atoms. The van der Waals surface area contributed by atoms with Gasteiger partial charge in [0.05, 0.1) is 12.7 Å². The van der Waals surface area contributed by atoms with E-state index in [2.05, 4.69) is 4.72 Å². The highest BCUT2D eigenvalue weighted by Crippen LogP contribution is 2.28. The molecule has 6 nitrogen and oxygen atoms in total. The molecule has 0 radical (unpaired) electrons. The number of rotatable bonds is 6. The Bertz CT molecular complexity index is 1030. The van der Waals surface area contributed by atoms with Crippen molar-refractivity contribution < 1.29 is 22.3 Å². The Kier molecular flexibility index (Phi) is 6.77. The van der Waals surface area contributed by atoms with Crippen LogP contribution in [0.1, 0.15) is 34.3 Å². The quantitative estimate of drug-likeness (QED) is 0.757. The predicted octanol–water partition coefficient (Wildman–Crippen LogP) is 3.28. The predicted molar refractivity (Wildman–Crippen MR) is 113 cm³/mol. The maximum atomic E-state index is 13.9. The van der Waals surface area contributed by atoms with Gasteiger partial charge in [0.1, 0.15) is 16.5 Å². The highest BCUT2D eigenvalue weighted by atomic mass is 32.2. The van der Waals surface area contributed by atoms with Crippen LogP contribution in [0.3, 0.4) is 0 Å². The molecule has 1 heterocycles. The number of aryl methyl sites for hydroxylation is 2. The van der Waals surface area contributed by atoms with Gasteiger partial charge in [0.25, 0.3) is 5.91 Å². The first-order valence-electron chi connectivity index (χ1n) is 9.91. The zero-order chi connectivity index (χ0) is 21.9. The summed E-state index contributed by atoms with van der Waals surface area (Å²) in [6.07, 6.45) is 1.29. The van der Waals surface area contributed by atoms with Gasteiger partial charge in [-0.25, -0.2) is 17.5 Å². The summed E-state index contributed by atoms with van der Waals surface area (Å²) in [5.41, 5.74) is 1.90. The number of methoxy groups -OCH3 is 1. The number of likely N-dealkylation sites (tertiary alicyclic amines) is 1. The van der Waals surface area contributed by atoms with Crippen molar-refractivity contribution in [3.63, 3.8) is 0 Å². The Balaban J connectivity index is 1.60. The molecule has 8 heteroatoms. The fourth-order valence-corrected chi connectivity index (χ4v) is 4.93. The Morgan fingerprint density at radius 3 is 2.43 bits per heavy atom. The van der Waals surface area contributed by atoms with Gasteiger partial charge in [-0.05, 0) is 68.0 Å². The standard InChI is InChI=1S/C22H27FN2O4S/c1-15-12-20(29-3)21(13-16(15)2)30(27,28)24-14-17-8-10-25(11-9-17)22(26)18-6-4-5-7-19(18)23/h4-7,12-13,17,24H,8-11,14H2,1-3H3. The van der Waals surface area contributed by atoms with E-state index in [1.54, 1.807) is 29.2 Å². The first-order chi connectivity index (χ1) is 14.2. The van der Waals surface area contributed by atoms with Crippen LogP contribution in [0.15, 0.2) is 41.3 Å². The van der Waals surface area contributed by atoms with E-state index in [1.165, 1.54) is 19.2 Å². The molecule has 1 aliphatic heterocycles. The van der Waals surface area contributed by atoms with E-state index in [9.17, 15) is 17.6 Å². The first kappa shape index (κ1) is 22.2. The smallest absolute Gasteiger partial charge is 0.256 e. The molecule has 1 amide bonds. The Morgan fingerprint density at radius 1 is 1.17 bits per heavy atom. The molecule has 0 spiro atoms. The number of nitrogens with one attached hydrogen (secondary N) is 1. The largest absolute Gasteiger partial charge is 0.495 e. The van der Waals surface area contributed by atoms with Crippen molar-refractivity contribution in [1.29, 1.82) is 0 Å². The molecule has 1 N–H and O–H groups in total. The summed E-state index contributed by atoms with van der Waals surface area (Å²) in [6.45, 7) is 4.97. The molecule has 1 aliphatic rings. The lowest BCUT2D eigenvalue weighted by molar-refractivity contribution is 0.0687. The molecule has 0 unspecified atom stereocenters. The molecular formula is C22H27FN2O4S. The Hall–Kier alpha value is -2.45. The normalized spacial score (nSPS) is 15.3. The maximum Gasteiger partial charge on any atom is 0.256 e. The summed E-state index contributed by atoms with van der Waals surface area (Å²) in [5, 5.41) is 0. The lowest BCUT2D eigenvalue weighted by Gasteiger charge is -2.32. The van der Waals surface area contributed by atoms with Gasteiger partial charge < -0.3 is 9.64 Å². The summed E-state index contributed by atoms with van der Waals surface area (Å²) in [7, 11) is -2.28. The molecule has 0 saturated carbocycles. The minimum absolute atomic E-state index is 0.0680. The van der Waals surface area contributed by atoms with Crippen molar-refractivity contribution in [2.24, 2.45) is 5.92 Å². The number of nitrogens with zero attached hydrogens (tertiary/aromatic N) is 1. The maximum absolute atomic E-state index is 13.9. The van der Waals surface area contributed by atoms with Crippen LogP contribution in [-0.2, 0) is 10.0 Å². The summed E-state index contributed by atoms with van der Waals surface area (Å²) >= 11 is 0. The fraction of sp³-hybridized carbons (Fsp3) is 0.409. The van der Waals surface area contributed by atoms with E-state index in [-0.39, 0.29) is 28.8 Å². The molecule has 0 aliphatic carbocycles. The van der Waals surface area contributed by atoms with E-state index in [4.69, 9.17) is 4.74 Å². The van der Waals surface area contributed by atoms with Crippen LogP contribution in [0.4, 0.5) is 4.39 Å². The average Bonchev–Trinajstić information content (AvgIpc) is 2.74. The highest BCUT2D eigenvalue weighted by molar-refractivity contribution is 7.89. The number of hydrogen-bond acceptors (Lipinski definition) is 4. The number of amides is 1. The van der Waals surface area contributed by atoms with Gasteiger partial charge in [-0.15, -0.1) is 0 Å².